The fraction of sp³-hybridized carbons (Fsp3) is 0.273. The van der Waals surface area contributed by atoms with Gasteiger partial charge in [-0.25, -0.2) is 4.79 Å². The third-order valence-electron chi connectivity index (χ3n) is 1.89. The van der Waals surface area contributed by atoms with Gasteiger partial charge in [-0.05, 0) is 19.1 Å². The number of carboxylic acid groups (broad SMARTS) is 1. The van der Waals surface area contributed by atoms with E-state index in [-0.39, 0.29) is 12.1 Å². The quantitative estimate of drug-likeness (QED) is 0.737. The number of rotatable bonds is 5. The van der Waals surface area contributed by atoms with Crippen LogP contribution in [-0.2, 0) is 9.53 Å². The molecule has 0 saturated carbocycles. The Kier molecular flexibility index (Phi) is 4.32. The lowest BCUT2D eigenvalue weighted by Crippen LogP contribution is -2.18. The van der Waals surface area contributed by atoms with Gasteiger partial charge < -0.3 is 15.2 Å². The first kappa shape index (κ1) is 12.0. The van der Waals surface area contributed by atoms with Crippen molar-refractivity contribution in [2.24, 2.45) is 0 Å². The molecule has 16 heavy (non-hydrogen) atoms. The topological polar surface area (TPSA) is 75.6 Å². The largest absolute Gasteiger partial charge is 0.478 e. The van der Waals surface area contributed by atoms with Crippen LogP contribution in [0.3, 0.4) is 0 Å². The molecule has 1 aromatic rings. The molecule has 5 heteroatoms. The SMILES string of the molecule is CCOC(=O)CNc1ccccc1C(=O)O. The van der Waals surface area contributed by atoms with E-state index in [2.05, 4.69) is 5.32 Å². The van der Waals surface area contributed by atoms with Crippen LogP contribution in [0.25, 0.3) is 0 Å². The molecule has 0 atom stereocenters. The van der Waals surface area contributed by atoms with Crippen molar-refractivity contribution >= 4 is 17.6 Å². The molecule has 0 aliphatic heterocycles. The van der Waals surface area contributed by atoms with Crippen LogP contribution < -0.4 is 5.32 Å². The maximum absolute atomic E-state index is 11.1. The normalized spacial score (nSPS) is 9.56. The number of ether oxygens (including phenoxy) is 1. The summed E-state index contributed by atoms with van der Waals surface area (Å²) < 4.78 is 4.72. The summed E-state index contributed by atoms with van der Waals surface area (Å²) in [5.41, 5.74) is 0.537. The van der Waals surface area contributed by atoms with Crippen molar-refractivity contribution in [1.29, 1.82) is 0 Å². The number of aromatic carboxylic acids is 1. The molecule has 0 saturated heterocycles. The van der Waals surface area contributed by atoms with E-state index in [1.165, 1.54) is 6.07 Å². The van der Waals surface area contributed by atoms with Crippen LogP contribution in [0.15, 0.2) is 24.3 Å². The summed E-state index contributed by atoms with van der Waals surface area (Å²) in [5.74, 6) is -1.45. The van der Waals surface area contributed by atoms with Gasteiger partial charge in [0.15, 0.2) is 0 Å². The van der Waals surface area contributed by atoms with Gasteiger partial charge in [0.2, 0.25) is 0 Å². The highest BCUT2D eigenvalue weighted by Crippen LogP contribution is 2.14. The van der Waals surface area contributed by atoms with Crippen molar-refractivity contribution in [2.75, 3.05) is 18.5 Å². The third kappa shape index (κ3) is 3.27. The Hall–Kier alpha value is -2.04. The molecule has 0 aliphatic rings. The van der Waals surface area contributed by atoms with Crippen molar-refractivity contribution < 1.29 is 19.4 Å². The molecule has 0 bridgehead atoms. The standard InChI is InChI=1S/C11H13NO4/c1-2-16-10(13)7-12-9-6-4-3-5-8(9)11(14)15/h3-6,12H,2,7H2,1H3,(H,14,15). The van der Waals surface area contributed by atoms with Crippen LogP contribution in [0.4, 0.5) is 5.69 Å². The first-order valence-electron chi connectivity index (χ1n) is 4.87. The fourth-order valence-corrected chi connectivity index (χ4v) is 1.20. The van der Waals surface area contributed by atoms with E-state index < -0.39 is 11.9 Å². The number of benzene rings is 1. The molecule has 0 radical (unpaired) electrons. The zero-order valence-electron chi connectivity index (χ0n) is 8.90. The van der Waals surface area contributed by atoms with Crippen molar-refractivity contribution in [2.45, 2.75) is 6.92 Å². The molecule has 0 amide bonds. The highest BCUT2D eigenvalue weighted by atomic mass is 16.5. The van der Waals surface area contributed by atoms with Gasteiger partial charge in [0, 0.05) is 5.69 Å². The minimum Gasteiger partial charge on any atom is -0.478 e. The number of carboxylic acids is 1. The van der Waals surface area contributed by atoms with Crippen LogP contribution in [0.5, 0.6) is 0 Å². The fourth-order valence-electron chi connectivity index (χ4n) is 1.20. The number of hydrogen-bond donors (Lipinski definition) is 2. The predicted molar refractivity (Wildman–Crippen MR) is 58.5 cm³/mol. The molecule has 0 spiro atoms. The number of para-hydroxylation sites is 1. The summed E-state index contributed by atoms with van der Waals surface area (Å²) in [5, 5.41) is 11.6. The van der Waals surface area contributed by atoms with Crippen molar-refractivity contribution in [1.82, 2.24) is 0 Å². The van der Waals surface area contributed by atoms with E-state index >= 15 is 0 Å². The summed E-state index contributed by atoms with van der Waals surface area (Å²) in [6.07, 6.45) is 0. The minimum atomic E-state index is -1.04. The Labute approximate surface area is 93.0 Å². The minimum absolute atomic E-state index is 0.0435. The van der Waals surface area contributed by atoms with Crippen LogP contribution in [-0.4, -0.2) is 30.2 Å². The first-order valence-corrected chi connectivity index (χ1v) is 4.87. The summed E-state index contributed by atoms with van der Waals surface area (Å²) >= 11 is 0. The smallest absolute Gasteiger partial charge is 0.337 e. The van der Waals surface area contributed by atoms with Gasteiger partial charge in [0.25, 0.3) is 0 Å². The molecule has 0 heterocycles. The maximum atomic E-state index is 11.1. The average molecular weight is 223 g/mol. The Morgan fingerprint density at radius 1 is 1.38 bits per heavy atom. The zero-order chi connectivity index (χ0) is 12.0. The van der Waals surface area contributed by atoms with E-state index in [9.17, 15) is 9.59 Å². The Morgan fingerprint density at radius 2 is 2.06 bits per heavy atom. The second kappa shape index (κ2) is 5.75. The number of nitrogens with one attached hydrogen (secondary N) is 1. The first-order chi connectivity index (χ1) is 7.65. The molecule has 86 valence electrons. The molecule has 0 unspecified atom stereocenters. The molecule has 0 aliphatic carbocycles. The van der Waals surface area contributed by atoms with Gasteiger partial charge in [0.05, 0.1) is 12.2 Å². The molecule has 1 aromatic carbocycles. The van der Waals surface area contributed by atoms with Crippen molar-refractivity contribution in [3.05, 3.63) is 29.8 Å². The van der Waals surface area contributed by atoms with Crippen molar-refractivity contribution in [3.8, 4) is 0 Å². The Balaban J connectivity index is 2.66. The maximum Gasteiger partial charge on any atom is 0.337 e. The molecule has 1 rings (SSSR count). The monoisotopic (exact) mass is 223 g/mol. The second-order valence-electron chi connectivity index (χ2n) is 3.01. The number of hydrogen-bond acceptors (Lipinski definition) is 4. The average Bonchev–Trinajstić information content (AvgIpc) is 2.27. The van der Waals surface area contributed by atoms with Gasteiger partial charge in [0.1, 0.15) is 6.54 Å². The van der Waals surface area contributed by atoms with Gasteiger partial charge in [-0.3, -0.25) is 4.79 Å². The van der Waals surface area contributed by atoms with Crippen molar-refractivity contribution in [3.63, 3.8) is 0 Å². The third-order valence-corrected chi connectivity index (χ3v) is 1.89. The van der Waals surface area contributed by atoms with Crippen LogP contribution in [0.2, 0.25) is 0 Å². The van der Waals surface area contributed by atoms with Gasteiger partial charge in [-0.1, -0.05) is 12.1 Å². The molecule has 5 nitrogen and oxygen atoms in total. The number of anilines is 1. The number of carbonyl (C=O) groups is 2. The van der Waals surface area contributed by atoms with Gasteiger partial charge in [-0.2, -0.15) is 0 Å². The lowest BCUT2D eigenvalue weighted by Gasteiger charge is -2.08. The molecular formula is C11H13NO4. The summed E-state index contributed by atoms with van der Waals surface area (Å²) in [6.45, 7) is 1.97. The van der Waals surface area contributed by atoms with Crippen LogP contribution in [0, 0.1) is 0 Å². The van der Waals surface area contributed by atoms with Gasteiger partial charge >= 0.3 is 11.9 Å². The van der Waals surface area contributed by atoms with E-state index in [0.717, 1.165) is 0 Å². The summed E-state index contributed by atoms with van der Waals surface area (Å²) in [7, 11) is 0. The molecule has 0 fully saturated rings. The van der Waals surface area contributed by atoms with Gasteiger partial charge in [-0.15, -0.1) is 0 Å². The lowest BCUT2D eigenvalue weighted by molar-refractivity contribution is -0.140. The van der Waals surface area contributed by atoms with E-state index in [1.807, 2.05) is 0 Å². The summed E-state index contributed by atoms with van der Waals surface area (Å²) in [4.78, 5) is 21.9. The highest BCUT2D eigenvalue weighted by Gasteiger charge is 2.09. The number of esters is 1. The Morgan fingerprint density at radius 3 is 2.69 bits per heavy atom. The second-order valence-corrected chi connectivity index (χ2v) is 3.01. The van der Waals surface area contributed by atoms with E-state index in [0.29, 0.717) is 12.3 Å². The van der Waals surface area contributed by atoms with Crippen LogP contribution >= 0.6 is 0 Å². The predicted octanol–water partition coefficient (Wildman–Crippen LogP) is 1.36. The summed E-state index contributed by atoms with van der Waals surface area (Å²) in [6, 6.07) is 6.39. The molecule has 0 aromatic heterocycles. The lowest BCUT2D eigenvalue weighted by atomic mass is 10.2. The zero-order valence-corrected chi connectivity index (χ0v) is 8.90. The highest BCUT2D eigenvalue weighted by molar-refractivity contribution is 5.94. The van der Waals surface area contributed by atoms with Crippen LogP contribution in [0.1, 0.15) is 17.3 Å². The van der Waals surface area contributed by atoms with E-state index in [1.54, 1.807) is 25.1 Å². The molecular weight excluding hydrogens is 210 g/mol. The number of carbonyl (C=O) groups excluding carboxylic acids is 1. The van der Waals surface area contributed by atoms with E-state index in [4.69, 9.17) is 9.84 Å². The Bertz CT molecular complexity index is 389. The molecule has 2 N–H and O–H groups in total.